The summed E-state index contributed by atoms with van der Waals surface area (Å²) in [6.45, 7) is 3.83. The molecule has 1 aliphatic rings. The van der Waals surface area contributed by atoms with Crippen LogP contribution in [0.4, 0.5) is 5.00 Å². The van der Waals surface area contributed by atoms with Crippen LogP contribution in [0.5, 0.6) is 0 Å². The van der Waals surface area contributed by atoms with Gasteiger partial charge < -0.3 is 19.4 Å². The molecule has 0 saturated carbocycles. The largest absolute Gasteiger partial charge is 0.465 e. The molecular formula is C21H24N2O6S. The van der Waals surface area contributed by atoms with Gasteiger partial charge in [-0.2, -0.15) is 0 Å². The van der Waals surface area contributed by atoms with Gasteiger partial charge in [-0.05, 0) is 43.7 Å². The van der Waals surface area contributed by atoms with Crippen molar-refractivity contribution < 1.29 is 23.9 Å². The van der Waals surface area contributed by atoms with Gasteiger partial charge in [-0.25, -0.2) is 9.59 Å². The number of amides is 1. The molecule has 0 radical (unpaired) electrons. The highest BCUT2D eigenvalue weighted by molar-refractivity contribution is 7.17. The molecule has 3 rings (SSSR count). The number of aromatic nitrogens is 1. The highest BCUT2D eigenvalue weighted by Crippen LogP contribution is 2.40. The predicted octanol–water partition coefficient (Wildman–Crippen LogP) is 2.64. The lowest BCUT2D eigenvalue weighted by Gasteiger charge is -2.18. The van der Waals surface area contributed by atoms with Crippen LogP contribution in [0.2, 0.25) is 0 Å². The van der Waals surface area contributed by atoms with Crippen molar-refractivity contribution in [2.45, 2.75) is 39.7 Å². The van der Waals surface area contributed by atoms with E-state index in [9.17, 15) is 19.2 Å². The van der Waals surface area contributed by atoms with Crippen LogP contribution in [0.15, 0.2) is 23.1 Å². The van der Waals surface area contributed by atoms with Crippen LogP contribution in [-0.4, -0.2) is 36.1 Å². The molecule has 0 bridgehead atoms. The third-order valence-electron chi connectivity index (χ3n) is 4.96. The van der Waals surface area contributed by atoms with Crippen molar-refractivity contribution in [1.82, 2.24) is 4.57 Å². The van der Waals surface area contributed by atoms with Crippen molar-refractivity contribution in [3.63, 3.8) is 0 Å². The number of anilines is 1. The maximum atomic E-state index is 12.7. The Kier molecular flexibility index (Phi) is 6.71. The van der Waals surface area contributed by atoms with Crippen LogP contribution in [0, 0.1) is 5.92 Å². The van der Waals surface area contributed by atoms with E-state index >= 15 is 0 Å². The minimum absolute atomic E-state index is 0.165. The molecule has 0 unspecified atom stereocenters. The van der Waals surface area contributed by atoms with Gasteiger partial charge in [0.25, 0.3) is 5.56 Å². The second-order valence-corrected chi connectivity index (χ2v) is 8.31. The molecule has 1 atom stereocenters. The Morgan fingerprint density at radius 1 is 1.27 bits per heavy atom. The number of fused-ring (bicyclic) bond motifs is 1. The minimum Gasteiger partial charge on any atom is -0.465 e. The summed E-state index contributed by atoms with van der Waals surface area (Å²) in [5.41, 5.74) is 1.09. The standard InChI is InChI=1S/C21H24N2O6S/c1-4-29-21(27)18-14-7-5-12(2)9-15(14)30-19(18)22-16(24)11-23-10-13(20(26)28-3)6-8-17(23)25/h6,8,10,12H,4-5,7,9,11H2,1-3H3,(H,22,24)/t12-/m1/s1. The number of thiophene rings is 1. The summed E-state index contributed by atoms with van der Waals surface area (Å²) < 4.78 is 11.0. The van der Waals surface area contributed by atoms with Gasteiger partial charge in [-0.15, -0.1) is 11.3 Å². The fourth-order valence-electron chi connectivity index (χ4n) is 3.47. The maximum Gasteiger partial charge on any atom is 0.341 e. The van der Waals surface area contributed by atoms with Crippen LogP contribution in [0.3, 0.4) is 0 Å². The van der Waals surface area contributed by atoms with Gasteiger partial charge in [0.15, 0.2) is 0 Å². The van der Waals surface area contributed by atoms with E-state index in [0.29, 0.717) is 16.5 Å². The van der Waals surface area contributed by atoms with E-state index in [1.54, 1.807) is 6.92 Å². The normalized spacial score (nSPS) is 15.2. The monoisotopic (exact) mass is 432 g/mol. The number of esters is 2. The number of nitrogens with zero attached hydrogens (tertiary/aromatic N) is 1. The van der Waals surface area contributed by atoms with Crippen molar-refractivity contribution in [2.24, 2.45) is 5.92 Å². The molecular weight excluding hydrogens is 408 g/mol. The molecule has 160 valence electrons. The van der Waals surface area contributed by atoms with Crippen molar-refractivity contribution in [1.29, 1.82) is 0 Å². The van der Waals surface area contributed by atoms with Gasteiger partial charge in [0, 0.05) is 17.1 Å². The summed E-state index contributed by atoms with van der Waals surface area (Å²) in [5.74, 6) is -1.02. The molecule has 30 heavy (non-hydrogen) atoms. The smallest absolute Gasteiger partial charge is 0.341 e. The molecule has 9 heteroatoms. The van der Waals surface area contributed by atoms with Gasteiger partial charge in [0.05, 0.1) is 24.8 Å². The first-order valence-corrected chi connectivity index (χ1v) is 10.6. The zero-order valence-electron chi connectivity index (χ0n) is 17.1. The fourth-order valence-corrected chi connectivity index (χ4v) is 4.89. The van der Waals surface area contributed by atoms with Crippen molar-refractivity contribution in [3.8, 4) is 0 Å². The highest BCUT2D eigenvalue weighted by atomic mass is 32.1. The molecule has 2 aromatic rings. The summed E-state index contributed by atoms with van der Waals surface area (Å²) >= 11 is 1.38. The van der Waals surface area contributed by atoms with Crippen LogP contribution < -0.4 is 10.9 Å². The van der Waals surface area contributed by atoms with E-state index in [2.05, 4.69) is 17.0 Å². The number of carbonyl (C=O) groups is 3. The second-order valence-electron chi connectivity index (χ2n) is 7.20. The number of hydrogen-bond donors (Lipinski definition) is 1. The van der Waals surface area contributed by atoms with Crippen molar-refractivity contribution >= 4 is 34.2 Å². The Balaban J connectivity index is 1.86. The van der Waals surface area contributed by atoms with Crippen LogP contribution in [-0.2, 0) is 33.7 Å². The second kappa shape index (κ2) is 9.25. The lowest BCUT2D eigenvalue weighted by atomic mass is 9.88. The van der Waals surface area contributed by atoms with Crippen LogP contribution in [0.1, 0.15) is 51.4 Å². The van der Waals surface area contributed by atoms with E-state index in [1.807, 2.05) is 0 Å². The zero-order chi connectivity index (χ0) is 21.8. The molecule has 1 aliphatic carbocycles. The molecule has 2 aromatic heterocycles. The number of rotatable bonds is 6. The van der Waals surface area contributed by atoms with Crippen molar-refractivity contribution in [3.05, 3.63) is 50.3 Å². The van der Waals surface area contributed by atoms with E-state index in [1.165, 1.54) is 36.8 Å². The number of methoxy groups -OCH3 is 1. The zero-order valence-corrected chi connectivity index (χ0v) is 18.0. The van der Waals surface area contributed by atoms with Crippen LogP contribution in [0.25, 0.3) is 0 Å². The van der Waals surface area contributed by atoms with E-state index in [4.69, 9.17) is 4.74 Å². The van der Waals surface area contributed by atoms with Crippen molar-refractivity contribution in [2.75, 3.05) is 19.0 Å². The molecule has 0 aromatic carbocycles. The van der Waals surface area contributed by atoms with Gasteiger partial charge in [0.1, 0.15) is 11.5 Å². The molecule has 0 spiro atoms. The molecule has 0 fully saturated rings. The first kappa shape index (κ1) is 21.8. The van der Waals surface area contributed by atoms with Gasteiger partial charge >= 0.3 is 11.9 Å². The Morgan fingerprint density at radius 3 is 2.73 bits per heavy atom. The topological polar surface area (TPSA) is 104 Å². The molecule has 1 N–H and O–H groups in total. The first-order valence-electron chi connectivity index (χ1n) is 9.74. The first-order chi connectivity index (χ1) is 14.3. The fraction of sp³-hybridized carbons (Fsp3) is 0.429. The third kappa shape index (κ3) is 4.62. The third-order valence-corrected chi connectivity index (χ3v) is 6.13. The summed E-state index contributed by atoms with van der Waals surface area (Å²) in [6.07, 6.45) is 3.86. The molecule has 8 nitrogen and oxygen atoms in total. The lowest BCUT2D eigenvalue weighted by Crippen LogP contribution is -2.28. The highest BCUT2D eigenvalue weighted by Gasteiger charge is 2.29. The number of carbonyl (C=O) groups excluding carboxylic acids is 3. The summed E-state index contributed by atoms with van der Waals surface area (Å²) in [7, 11) is 1.24. The number of hydrogen-bond acceptors (Lipinski definition) is 7. The maximum absolute atomic E-state index is 12.7. The predicted molar refractivity (Wildman–Crippen MR) is 112 cm³/mol. The minimum atomic E-state index is -0.603. The number of pyridine rings is 1. The molecule has 0 saturated heterocycles. The Bertz CT molecular complexity index is 1040. The number of nitrogens with one attached hydrogen (secondary N) is 1. The average molecular weight is 432 g/mol. The SMILES string of the molecule is CCOC(=O)c1c(NC(=O)Cn2cc(C(=O)OC)ccc2=O)sc2c1CC[C@@H](C)C2. The van der Waals surface area contributed by atoms with E-state index in [-0.39, 0.29) is 18.7 Å². The van der Waals surface area contributed by atoms with Gasteiger partial charge in [0.2, 0.25) is 5.91 Å². The Labute approximate surface area is 177 Å². The quantitative estimate of drug-likeness (QED) is 0.704. The summed E-state index contributed by atoms with van der Waals surface area (Å²) in [4.78, 5) is 50.1. The summed E-state index contributed by atoms with van der Waals surface area (Å²) in [6, 6.07) is 2.55. The van der Waals surface area contributed by atoms with E-state index < -0.39 is 23.4 Å². The van der Waals surface area contributed by atoms with E-state index in [0.717, 1.165) is 34.3 Å². The average Bonchev–Trinajstić information content (AvgIpc) is 3.05. The Morgan fingerprint density at radius 2 is 2.03 bits per heavy atom. The lowest BCUT2D eigenvalue weighted by molar-refractivity contribution is -0.116. The van der Waals surface area contributed by atoms with Gasteiger partial charge in [-0.3, -0.25) is 9.59 Å². The molecule has 2 heterocycles. The molecule has 1 amide bonds. The Hall–Kier alpha value is -2.94. The van der Waals surface area contributed by atoms with Gasteiger partial charge in [-0.1, -0.05) is 6.92 Å². The van der Waals surface area contributed by atoms with Crippen LogP contribution >= 0.6 is 11.3 Å². The number of ether oxygens (including phenoxy) is 2. The summed E-state index contributed by atoms with van der Waals surface area (Å²) in [5, 5.41) is 3.20. The molecule has 0 aliphatic heterocycles.